The van der Waals surface area contributed by atoms with Gasteiger partial charge in [-0.15, -0.1) is 0 Å². The fraction of sp³-hybridized carbons (Fsp3) is 0.579. The summed E-state index contributed by atoms with van der Waals surface area (Å²) in [4.78, 5) is 18.5. The predicted octanol–water partition coefficient (Wildman–Crippen LogP) is 0.656. The smallest absolute Gasteiger partial charge is 0.222 e. The Bertz CT molecular complexity index is 752. The second-order valence-corrected chi connectivity index (χ2v) is 8.96. The molecule has 1 fully saturated rings. The van der Waals surface area contributed by atoms with Crippen molar-refractivity contribution in [3.63, 3.8) is 0 Å². The van der Waals surface area contributed by atoms with E-state index in [0.29, 0.717) is 32.1 Å². The van der Waals surface area contributed by atoms with Gasteiger partial charge in [0.1, 0.15) is 12.4 Å². The van der Waals surface area contributed by atoms with Gasteiger partial charge in [-0.3, -0.25) is 9.79 Å². The highest BCUT2D eigenvalue weighted by Crippen LogP contribution is 2.11. The molecule has 0 saturated carbocycles. The summed E-state index contributed by atoms with van der Waals surface area (Å²) in [5, 5.41) is 5.98. The summed E-state index contributed by atoms with van der Waals surface area (Å²) in [6.07, 6.45) is 0.712. The number of carbonyl (C=O) groups excluding carboxylic acids is 1. The van der Waals surface area contributed by atoms with Crippen LogP contribution in [0.2, 0.25) is 0 Å². The first-order chi connectivity index (χ1) is 13.4. The van der Waals surface area contributed by atoms with E-state index >= 15 is 0 Å². The molecule has 0 radical (unpaired) electrons. The van der Waals surface area contributed by atoms with E-state index in [-0.39, 0.29) is 29.9 Å². The second-order valence-electron chi connectivity index (χ2n) is 6.74. The summed E-state index contributed by atoms with van der Waals surface area (Å²) >= 11 is 0. The third kappa shape index (κ3) is 7.75. The molecule has 0 bridgehead atoms. The van der Waals surface area contributed by atoms with E-state index < -0.39 is 9.84 Å². The lowest BCUT2D eigenvalue weighted by molar-refractivity contribution is -0.121. The van der Waals surface area contributed by atoms with Crippen LogP contribution in [0.4, 0.5) is 0 Å². The number of nitrogens with zero attached hydrogens (tertiary/aromatic N) is 2. The van der Waals surface area contributed by atoms with Crippen molar-refractivity contribution in [2.24, 2.45) is 4.99 Å². The van der Waals surface area contributed by atoms with Crippen molar-refractivity contribution in [1.29, 1.82) is 0 Å². The zero-order valence-electron chi connectivity index (χ0n) is 16.6. The molecule has 1 aromatic carbocycles. The highest BCUT2D eigenvalue weighted by atomic mass is 32.2. The van der Waals surface area contributed by atoms with E-state index in [2.05, 4.69) is 15.6 Å². The van der Waals surface area contributed by atoms with Crippen molar-refractivity contribution < 1.29 is 17.9 Å². The molecule has 1 saturated heterocycles. The maximum absolute atomic E-state index is 12.0. The number of aliphatic imine (C=N–C) groups is 1. The molecule has 0 aromatic heterocycles. The van der Waals surface area contributed by atoms with Crippen molar-refractivity contribution in [3.05, 3.63) is 30.3 Å². The molecular weight excluding hydrogens is 380 g/mol. The number of carbonyl (C=O) groups is 1. The molecule has 1 amide bonds. The fourth-order valence-corrected chi connectivity index (χ4v) is 4.54. The molecule has 1 aromatic rings. The number of rotatable bonds is 9. The maximum atomic E-state index is 12.0. The van der Waals surface area contributed by atoms with E-state index in [1.165, 1.54) is 0 Å². The van der Waals surface area contributed by atoms with Crippen molar-refractivity contribution in [3.8, 4) is 5.75 Å². The highest BCUT2D eigenvalue weighted by molar-refractivity contribution is 7.91. The number of hydrogen-bond acceptors (Lipinski definition) is 5. The van der Waals surface area contributed by atoms with Gasteiger partial charge in [0, 0.05) is 26.1 Å². The predicted molar refractivity (Wildman–Crippen MR) is 110 cm³/mol. The number of hydrogen-bond donors (Lipinski definition) is 2. The lowest BCUT2D eigenvalue weighted by Crippen LogP contribution is -2.41. The van der Waals surface area contributed by atoms with Gasteiger partial charge in [0.05, 0.1) is 24.6 Å². The number of likely N-dealkylation sites (N-methyl/N-ethyl adjacent to an activating group) is 1. The number of para-hydroxylation sites is 1. The van der Waals surface area contributed by atoms with Gasteiger partial charge in [0.25, 0.3) is 0 Å². The Kier molecular flexibility index (Phi) is 8.56. The Balaban J connectivity index is 1.74. The Morgan fingerprint density at radius 3 is 2.71 bits per heavy atom. The van der Waals surface area contributed by atoms with Crippen LogP contribution in [-0.2, 0) is 14.6 Å². The molecule has 156 valence electrons. The molecule has 1 heterocycles. The van der Waals surface area contributed by atoms with Crippen LogP contribution in [-0.4, -0.2) is 76.0 Å². The molecule has 2 N–H and O–H groups in total. The van der Waals surface area contributed by atoms with E-state index in [1.54, 1.807) is 0 Å². The minimum atomic E-state index is -2.99. The van der Waals surface area contributed by atoms with E-state index in [9.17, 15) is 13.2 Å². The summed E-state index contributed by atoms with van der Waals surface area (Å²) in [6.45, 7) is 4.19. The molecule has 1 aliphatic heterocycles. The van der Waals surface area contributed by atoms with Crippen LogP contribution < -0.4 is 15.4 Å². The number of guanidine groups is 1. The quantitative estimate of drug-likeness (QED) is 0.458. The van der Waals surface area contributed by atoms with E-state index in [0.717, 1.165) is 12.3 Å². The molecule has 8 nitrogen and oxygen atoms in total. The van der Waals surface area contributed by atoms with Gasteiger partial charge in [-0.25, -0.2) is 8.42 Å². The maximum Gasteiger partial charge on any atom is 0.222 e. The number of sulfone groups is 1. The topological polar surface area (TPSA) is 100 Å². The van der Waals surface area contributed by atoms with Crippen molar-refractivity contribution in [2.45, 2.75) is 25.8 Å². The third-order valence-corrected chi connectivity index (χ3v) is 6.10. The van der Waals surface area contributed by atoms with Gasteiger partial charge in [0.15, 0.2) is 15.8 Å². The molecule has 0 aliphatic carbocycles. The van der Waals surface area contributed by atoms with E-state index in [4.69, 9.17) is 4.74 Å². The zero-order chi connectivity index (χ0) is 20.4. The Labute approximate surface area is 167 Å². The summed E-state index contributed by atoms with van der Waals surface area (Å²) in [5.74, 6) is 1.54. The first-order valence-corrected chi connectivity index (χ1v) is 11.4. The third-order valence-electron chi connectivity index (χ3n) is 4.33. The van der Waals surface area contributed by atoms with Crippen molar-refractivity contribution in [2.75, 3.05) is 44.8 Å². The van der Waals surface area contributed by atoms with Crippen molar-refractivity contribution >= 4 is 21.7 Å². The molecule has 1 aliphatic rings. The normalized spacial score (nSPS) is 18.5. The van der Waals surface area contributed by atoms with Crippen LogP contribution in [0.5, 0.6) is 5.75 Å². The fourth-order valence-electron chi connectivity index (χ4n) is 2.86. The average molecular weight is 411 g/mol. The second kappa shape index (κ2) is 10.9. The lowest BCUT2D eigenvalue weighted by atomic mass is 10.2. The van der Waals surface area contributed by atoms with Crippen LogP contribution in [0.15, 0.2) is 35.3 Å². The van der Waals surface area contributed by atoms with Gasteiger partial charge in [0.2, 0.25) is 5.91 Å². The number of benzene rings is 1. The highest BCUT2D eigenvalue weighted by Gasteiger charge is 2.28. The summed E-state index contributed by atoms with van der Waals surface area (Å²) in [6, 6.07) is 9.35. The van der Waals surface area contributed by atoms with Gasteiger partial charge < -0.3 is 20.3 Å². The van der Waals surface area contributed by atoms with Gasteiger partial charge in [-0.1, -0.05) is 18.2 Å². The van der Waals surface area contributed by atoms with Gasteiger partial charge in [-0.05, 0) is 25.5 Å². The summed E-state index contributed by atoms with van der Waals surface area (Å²) in [7, 11) is -1.08. The standard InChI is InChI=1S/C19H30N4O4S/c1-3-20-19(23(2)12-13-27-17-7-5-4-6-8-17)21-11-9-18(24)22-16-10-14-28(25,26)15-16/h4-8,16H,3,9-15H2,1-2H3,(H,20,21)(H,22,24). The molecule has 1 unspecified atom stereocenters. The van der Waals surface area contributed by atoms with Crippen LogP contribution >= 0.6 is 0 Å². The monoisotopic (exact) mass is 410 g/mol. The molecule has 1 atom stereocenters. The molecule has 0 spiro atoms. The number of nitrogens with one attached hydrogen (secondary N) is 2. The molecule has 28 heavy (non-hydrogen) atoms. The lowest BCUT2D eigenvalue weighted by Gasteiger charge is -2.22. The average Bonchev–Trinajstić information content (AvgIpc) is 3.00. The first kappa shape index (κ1) is 22.0. The van der Waals surface area contributed by atoms with Crippen LogP contribution in [0.25, 0.3) is 0 Å². The van der Waals surface area contributed by atoms with Gasteiger partial charge in [-0.2, -0.15) is 0 Å². The number of amides is 1. The Morgan fingerprint density at radius 1 is 1.32 bits per heavy atom. The first-order valence-electron chi connectivity index (χ1n) is 9.56. The summed E-state index contributed by atoms with van der Waals surface area (Å²) in [5.41, 5.74) is 0. The SMILES string of the molecule is CCNC(=NCCC(=O)NC1CCS(=O)(=O)C1)N(C)CCOc1ccccc1. The Morgan fingerprint density at radius 2 is 2.07 bits per heavy atom. The molecule has 2 rings (SSSR count). The van der Waals surface area contributed by atoms with Crippen LogP contribution in [0.3, 0.4) is 0 Å². The van der Waals surface area contributed by atoms with E-state index in [1.807, 2.05) is 49.2 Å². The number of ether oxygens (including phenoxy) is 1. The molecular formula is C19H30N4O4S. The minimum Gasteiger partial charge on any atom is -0.492 e. The van der Waals surface area contributed by atoms with Crippen LogP contribution in [0.1, 0.15) is 19.8 Å². The zero-order valence-corrected chi connectivity index (χ0v) is 17.4. The van der Waals surface area contributed by atoms with Gasteiger partial charge >= 0.3 is 0 Å². The largest absolute Gasteiger partial charge is 0.492 e. The summed E-state index contributed by atoms with van der Waals surface area (Å²) < 4.78 is 28.6. The Hall–Kier alpha value is -2.29. The van der Waals surface area contributed by atoms with Crippen LogP contribution in [0, 0.1) is 0 Å². The van der Waals surface area contributed by atoms with Crippen molar-refractivity contribution in [1.82, 2.24) is 15.5 Å². The molecule has 9 heteroatoms. The minimum absolute atomic E-state index is 0.0365.